The Labute approximate surface area is 119 Å². The summed E-state index contributed by atoms with van der Waals surface area (Å²) in [5.74, 6) is 0.462. The van der Waals surface area contributed by atoms with Crippen LogP contribution < -0.4 is 5.32 Å². The van der Waals surface area contributed by atoms with E-state index in [0.29, 0.717) is 5.92 Å². The number of rotatable bonds is 7. The van der Waals surface area contributed by atoms with E-state index in [4.69, 9.17) is 4.74 Å². The second-order valence-corrected chi connectivity index (χ2v) is 6.06. The van der Waals surface area contributed by atoms with Crippen LogP contribution in [0.4, 0.5) is 0 Å². The van der Waals surface area contributed by atoms with Gasteiger partial charge in [-0.05, 0) is 37.0 Å². The van der Waals surface area contributed by atoms with Crippen molar-refractivity contribution in [3.63, 3.8) is 0 Å². The van der Waals surface area contributed by atoms with E-state index < -0.39 is 0 Å². The Morgan fingerprint density at radius 1 is 1.37 bits per heavy atom. The summed E-state index contributed by atoms with van der Waals surface area (Å²) in [7, 11) is 0. The Bertz CT molecular complexity index is 363. The fourth-order valence-corrected chi connectivity index (χ4v) is 2.99. The largest absolute Gasteiger partial charge is 0.379 e. The van der Waals surface area contributed by atoms with Gasteiger partial charge in [0, 0.05) is 19.6 Å². The summed E-state index contributed by atoms with van der Waals surface area (Å²) in [6.07, 6.45) is 1.18. The zero-order valence-electron chi connectivity index (χ0n) is 11.9. The molecule has 1 fully saturated rings. The Balaban J connectivity index is 1.59. The highest BCUT2D eigenvalue weighted by Crippen LogP contribution is 2.19. The van der Waals surface area contributed by atoms with Crippen molar-refractivity contribution in [1.82, 2.24) is 19.8 Å². The molecular weight excluding hydrogens is 260 g/mol. The van der Waals surface area contributed by atoms with Crippen LogP contribution in [-0.4, -0.2) is 53.9 Å². The quantitative estimate of drug-likeness (QED) is 0.769. The van der Waals surface area contributed by atoms with E-state index >= 15 is 0 Å². The van der Waals surface area contributed by atoms with Crippen LogP contribution in [0.3, 0.4) is 0 Å². The lowest BCUT2D eigenvalue weighted by Gasteiger charge is -2.26. The van der Waals surface area contributed by atoms with Crippen LogP contribution in [-0.2, 0) is 11.3 Å². The number of ether oxygens (including phenoxy) is 1. The Morgan fingerprint density at radius 2 is 2.16 bits per heavy atom. The number of nitrogens with zero attached hydrogens (tertiary/aromatic N) is 3. The van der Waals surface area contributed by atoms with Crippen LogP contribution in [0.15, 0.2) is 0 Å². The molecule has 2 rings (SSSR count). The van der Waals surface area contributed by atoms with Crippen molar-refractivity contribution in [2.24, 2.45) is 0 Å². The Kier molecular flexibility index (Phi) is 6.16. The highest BCUT2D eigenvalue weighted by atomic mass is 32.1. The number of nitrogens with one attached hydrogen (secondary N) is 1. The fourth-order valence-electron chi connectivity index (χ4n) is 2.23. The van der Waals surface area contributed by atoms with Gasteiger partial charge in [-0.25, -0.2) is 0 Å². The molecule has 1 aromatic rings. The third-order valence-electron chi connectivity index (χ3n) is 3.35. The third kappa shape index (κ3) is 4.80. The number of aromatic nitrogens is 2. The van der Waals surface area contributed by atoms with Crippen LogP contribution >= 0.6 is 11.5 Å². The molecule has 108 valence electrons. The second kappa shape index (κ2) is 7.89. The molecule has 0 amide bonds. The lowest BCUT2D eigenvalue weighted by molar-refractivity contribution is 0.0374. The molecule has 5 nitrogen and oxygen atoms in total. The average Bonchev–Trinajstić information content (AvgIpc) is 2.88. The highest BCUT2D eigenvalue weighted by molar-refractivity contribution is 7.05. The van der Waals surface area contributed by atoms with E-state index in [1.165, 1.54) is 22.8 Å². The predicted octanol–water partition coefficient (Wildman–Crippen LogP) is 1.47. The molecule has 0 unspecified atom stereocenters. The number of morpholine rings is 1. The highest BCUT2D eigenvalue weighted by Gasteiger charge is 2.11. The number of hydrogen-bond donors (Lipinski definition) is 1. The summed E-state index contributed by atoms with van der Waals surface area (Å²) < 4.78 is 9.39. The van der Waals surface area contributed by atoms with E-state index in [9.17, 15) is 0 Å². The van der Waals surface area contributed by atoms with Gasteiger partial charge < -0.3 is 10.1 Å². The van der Waals surface area contributed by atoms with Crippen LogP contribution in [0.5, 0.6) is 0 Å². The molecular formula is C13H24N4OS. The maximum absolute atomic E-state index is 5.34. The van der Waals surface area contributed by atoms with E-state index in [2.05, 4.69) is 33.7 Å². The van der Waals surface area contributed by atoms with Crippen molar-refractivity contribution in [1.29, 1.82) is 0 Å². The minimum Gasteiger partial charge on any atom is -0.379 e. The minimum absolute atomic E-state index is 0.462. The molecule has 0 aromatic carbocycles. The molecule has 0 saturated carbocycles. The van der Waals surface area contributed by atoms with Gasteiger partial charge in [-0.15, -0.1) is 5.10 Å². The molecule has 1 saturated heterocycles. The van der Waals surface area contributed by atoms with Crippen LogP contribution in [0.2, 0.25) is 0 Å². The average molecular weight is 284 g/mol. The monoisotopic (exact) mass is 284 g/mol. The molecule has 0 aliphatic carbocycles. The molecule has 0 radical (unpaired) electrons. The molecule has 1 aromatic heterocycles. The topological polar surface area (TPSA) is 50.3 Å². The Hall–Kier alpha value is -0.560. The van der Waals surface area contributed by atoms with Gasteiger partial charge in [0.25, 0.3) is 0 Å². The summed E-state index contributed by atoms with van der Waals surface area (Å²) in [5, 5.41) is 7.69. The van der Waals surface area contributed by atoms with Crippen molar-refractivity contribution in [2.45, 2.75) is 32.7 Å². The predicted molar refractivity (Wildman–Crippen MR) is 77.6 cm³/mol. The summed E-state index contributed by atoms with van der Waals surface area (Å²) in [5.41, 5.74) is 1.14. The minimum atomic E-state index is 0.462. The maximum atomic E-state index is 5.34. The zero-order chi connectivity index (χ0) is 13.5. The maximum Gasteiger partial charge on any atom is 0.0826 e. The summed E-state index contributed by atoms with van der Waals surface area (Å²) >= 11 is 1.51. The lowest BCUT2D eigenvalue weighted by Crippen LogP contribution is -2.37. The van der Waals surface area contributed by atoms with Gasteiger partial charge in [-0.2, -0.15) is 0 Å². The summed E-state index contributed by atoms with van der Waals surface area (Å²) in [6.45, 7) is 11.4. The van der Waals surface area contributed by atoms with Crippen molar-refractivity contribution < 1.29 is 4.74 Å². The first-order chi connectivity index (χ1) is 9.27. The first kappa shape index (κ1) is 14.8. The van der Waals surface area contributed by atoms with Gasteiger partial charge in [0.2, 0.25) is 0 Å². The van der Waals surface area contributed by atoms with E-state index in [0.717, 1.165) is 51.6 Å². The standard InChI is InChI=1S/C13H24N4OS/c1-11(2)13-12(19-16-15-13)10-14-4-3-5-17-6-8-18-9-7-17/h11,14H,3-10H2,1-2H3. The van der Waals surface area contributed by atoms with Gasteiger partial charge in [0.15, 0.2) is 0 Å². The molecule has 0 spiro atoms. The molecule has 2 heterocycles. The first-order valence-electron chi connectivity index (χ1n) is 7.09. The fraction of sp³-hybridized carbons (Fsp3) is 0.846. The summed E-state index contributed by atoms with van der Waals surface area (Å²) in [4.78, 5) is 3.75. The second-order valence-electron chi connectivity index (χ2n) is 5.22. The first-order valence-corrected chi connectivity index (χ1v) is 7.86. The Morgan fingerprint density at radius 3 is 2.89 bits per heavy atom. The van der Waals surface area contributed by atoms with Gasteiger partial charge >= 0.3 is 0 Å². The van der Waals surface area contributed by atoms with Crippen LogP contribution in [0.1, 0.15) is 36.8 Å². The molecule has 0 bridgehead atoms. The smallest absolute Gasteiger partial charge is 0.0826 e. The lowest BCUT2D eigenvalue weighted by atomic mass is 10.1. The molecule has 1 N–H and O–H groups in total. The van der Waals surface area contributed by atoms with Crippen molar-refractivity contribution in [3.05, 3.63) is 10.6 Å². The van der Waals surface area contributed by atoms with E-state index in [1.807, 2.05) is 0 Å². The molecule has 1 aliphatic heterocycles. The van der Waals surface area contributed by atoms with Crippen molar-refractivity contribution in [2.75, 3.05) is 39.4 Å². The molecule has 6 heteroatoms. The van der Waals surface area contributed by atoms with Crippen LogP contribution in [0, 0.1) is 0 Å². The number of hydrogen-bond acceptors (Lipinski definition) is 6. The normalized spacial score (nSPS) is 17.2. The molecule has 0 atom stereocenters. The van der Waals surface area contributed by atoms with E-state index in [1.54, 1.807) is 0 Å². The van der Waals surface area contributed by atoms with Gasteiger partial charge in [-0.1, -0.05) is 18.3 Å². The summed E-state index contributed by atoms with van der Waals surface area (Å²) in [6, 6.07) is 0. The van der Waals surface area contributed by atoms with Gasteiger partial charge in [-0.3, -0.25) is 4.90 Å². The zero-order valence-corrected chi connectivity index (χ0v) is 12.7. The van der Waals surface area contributed by atoms with Gasteiger partial charge in [0.05, 0.1) is 23.8 Å². The van der Waals surface area contributed by atoms with Crippen molar-refractivity contribution in [3.8, 4) is 0 Å². The molecule has 1 aliphatic rings. The van der Waals surface area contributed by atoms with E-state index in [-0.39, 0.29) is 0 Å². The van der Waals surface area contributed by atoms with Crippen molar-refractivity contribution >= 4 is 11.5 Å². The van der Waals surface area contributed by atoms with Gasteiger partial charge in [0.1, 0.15) is 0 Å². The SMILES string of the molecule is CC(C)c1nnsc1CNCCCN1CCOCC1. The van der Waals surface area contributed by atoms with Crippen LogP contribution in [0.25, 0.3) is 0 Å². The molecule has 19 heavy (non-hydrogen) atoms. The third-order valence-corrected chi connectivity index (χ3v) is 4.09.